The van der Waals surface area contributed by atoms with E-state index in [4.69, 9.17) is 4.74 Å². The van der Waals surface area contributed by atoms with Crippen molar-refractivity contribution in [3.05, 3.63) is 77.9 Å². The Morgan fingerprint density at radius 2 is 1.60 bits per heavy atom. The summed E-state index contributed by atoms with van der Waals surface area (Å²) >= 11 is 0. The Bertz CT molecular complexity index is 1740. The molecular formula is C29H25F6N7O. The standard InChI is InChI=1S/C29H25F6N7O/c1-41-15-21(29(33,34)35)38-26(41)19-7-5-17(6-8-19)14-36-25-23-27(42(16-37-23)22-4-2-3-13-43-22)40-24(39-25)18-9-11-20(12-10-18)28(30,31)32/h5-12,15-16,22H,2-4,13-14H2,1H3,(H,36,39,40). The molecule has 1 atom stereocenters. The molecule has 14 heteroatoms. The van der Waals surface area contributed by atoms with Crippen LogP contribution >= 0.6 is 0 Å². The number of fused-ring (bicyclic) bond motifs is 1. The van der Waals surface area contributed by atoms with E-state index >= 15 is 0 Å². The van der Waals surface area contributed by atoms with E-state index in [0.29, 0.717) is 34.7 Å². The van der Waals surface area contributed by atoms with E-state index < -0.39 is 23.6 Å². The van der Waals surface area contributed by atoms with Gasteiger partial charge in [-0.1, -0.05) is 36.4 Å². The van der Waals surface area contributed by atoms with Gasteiger partial charge in [-0.05, 0) is 37.0 Å². The summed E-state index contributed by atoms with van der Waals surface area (Å²) in [5.74, 6) is 0.769. The number of aryl methyl sites for hydroxylation is 1. The third-order valence-electron chi connectivity index (χ3n) is 7.20. The third-order valence-corrected chi connectivity index (χ3v) is 7.20. The zero-order valence-electron chi connectivity index (χ0n) is 22.7. The van der Waals surface area contributed by atoms with Crippen molar-refractivity contribution in [3.63, 3.8) is 0 Å². The van der Waals surface area contributed by atoms with Crippen molar-refractivity contribution in [1.82, 2.24) is 29.1 Å². The molecule has 5 aromatic rings. The molecule has 224 valence electrons. The highest BCUT2D eigenvalue weighted by molar-refractivity contribution is 5.85. The topological polar surface area (TPSA) is 82.7 Å². The van der Waals surface area contributed by atoms with Crippen LogP contribution in [-0.4, -0.2) is 35.7 Å². The van der Waals surface area contributed by atoms with Crippen molar-refractivity contribution in [3.8, 4) is 22.8 Å². The molecule has 0 saturated carbocycles. The highest BCUT2D eigenvalue weighted by Crippen LogP contribution is 2.34. The third kappa shape index (κ3) is 5.91. The van der Waals surface area contributed by atoms with Gasteiger partial charge in [0.05, 0.1) is 11.9 Å². The van der Waals surface area contributed by atoms with Gasteiger partial charge in [0.2, 0.25) is 0 Å². The predicted molar refractivity (Wildman–Crippen MR) is 146 cm³/mol. The minimum absolute atomic E-state index is 0.181. The zero-order chi connectivity index (χ0) is 30.4. The average Bonchev–Trinajstić information content (AvgIpc) is 3.60. The molecule has 4 heterocycles. The number of hydrogen-bond donors (Lipinski definition) is 1. The Hall–Kier alpha value is -4.46. The van der Waals surface area contributed by atoms with Crippen molar-refractivity contribution in [2.75, 3.05) is 11.9 Å². The van der Waals surface area contributed by atoms with Crippen LogP contribution in [0.25, 0.3) is 33.9 Å². The van der Waals surface area contributed by atoms with Gasteiger partial charge in [0.25, 0.3) is 0 Å². The first-order valence-electron chi connectivity index (χ1n) is 13.4. The predicted octanol–water partition coefficient (Wildman–Crippen LogP) is 7.24. The van der Waals surface area contributed by atoms with E-state index in [-0.39, 0.29) is 24.4 Å². The van der Waals surface area contributed by atoms with E-state index in [9.17, 15) is 26.3 Å². The maximum atomic E-state index is 13.1. The van der Waals surface area contributed by atoms with Gasteiger partial charge in [0.15, 0.2) is 28.5 Å². The number of ether oxygens (including phenoxy) is 1. The molecule has 8 nitrogen and oxygen atoms in total. The summed E-state index contributed by atoms with van der Waals surface area (Å²) in [4.78, 5) is 17.5. The van der Waals surface area contributed by atoms with Gasteiger partial charge in [-0.2, -0.15) is 26.3 Å². The molecule has 0 bridgehead atoms. The monoisotopic (exact) mass is 601 g/mol. The van der Waals surface area contributed by atoms with Crippen molar-refractivity contribution in [1.29, 1.82) is 0 Å². The van der Waals surface area contributed by atoms with Crippen molar-refractivity contribution >= 4 is 17.0 Å². The fourth-order valence-electron chi connectivity index (χ4n) is 4.96. The van der Waals surface area contributed by atoms with Crippen LogP contribution in [-0.2, 0) is 30.7 Å². The normalized spacial score (nSPS) is 16.1. The molecule has 1 aliphatic rings. The number of nitrogens with one attached hydrogen (secondary N) is 1. The Morgan fingerprint density at radius 3 is 2.23 bits per heavy atom. The second kappa shape index (κ2) is 11.0. The van der Waals surface area contributed by atoms with E-state index in [0.717, 1.165) is 43.2 Å². The van der Waals surface area contributed by atoms with Crippen LogP contribution in [0.15, 0.2) is 61.1 Å². The molecule has 1 aliphatic heterocycles. The molecule has 43 heavy (non-hydrogen) atoms. The number of imidazole rings is 2. The van der Waals surface area contributed by atoms with Crippen molar-refractivity contribution in [2.24, 2.45) is 7.05 Å². The molecular weight excluding hydrogens is 576 g/mol. The molecule has 6 rings (SSSR count). The average molecular weight is 602 g/mol. The van der Waals surface area contributed by atoms with Crippen LogP contribution in [0.3, 0.4) is 0 Å². The highest BCUT2D eigenvalue weighted by Gasteiger charge is 2.34. The van der Waals surface area contributed by atoms with Gasteiger partial charge in [0, 0.05) is 37.5 Å². The van der Waals surface area contributed by atoms with Crippen LogP contribution in [0.2, 0.25) is 0 Å². The van der Waals surface area contributed by atoms with Crippen LogP contribution < -0.4 is 5.32 Å². The smallest absolute Gasteiger partial charge is 0.364 e. The molecule has 1 N–H and O–H groups in total. The molecule has 1 unspecified atom stereocenters. The summed E-state index contributed by atoms with van der Waals surface area (Å²) < 4.78 is 87.8. The van der Waals surface area contributed by atoms with E-state index in [2.05, 4.69) is 25.3 Å². The number of halogens is 6. The number of aromatic nitrogens is 6. The van der Waals surface area contributed by atoms with Gasteiger partial charge < -0.3 is 14.6 Å². The van der Waals surface area contributed by atoms with E-state index in [1.54, 1.807) is 30.6 Å². The van der Waals surface area contributed by atoms with Gasteiger partial charge in [-0.3, -0.25) is 4.57 Å². The maximum Gasteiger partial charge on any atom is 0.434 e. The van der Waals surface area contributed by atoms with Gasteiger partial charge in [-0.25, -0.2) is 19.9 Å². The first-order valence-corrected chi connectivity index (χ1v) is 13.4. The highest BCUT2D eigenvalue weighted by atomic mass is 19.4. The second-order valence-corrected chi connectivity index (χ2v) is 10.2. The van der Waals surface area contributed by atoms with Crippen molar-refractivity contribution < 1.29 is 31.1 Å². The fourth-order valence-corrected chi connectivity index (χ4v) is 4.96. The number of hydrogen-bond acceptors (Lipinski definition) is 6. The quantitative estimate of drug-likeness (QED) is 0.207. The number of alkyl halides is 6. The lowest BCUT2D eigenvalue weighted by Gasteiger charge is -2.24. The second-order valence-electron chi connectivity index (χ2n) is 10.2. The minimum Gasteiger partial charge on any atom is -0.364 e. The summed E-state index contributed by atoms with van der Waals surface area (Å²) in [6.45, 7) is 0.873. The largest absolute Gasteiger partial charge is 0.434 e. The number of rotatable bonds is 6. The van der Waals surface area contributed by atoms with Crippen molar-refractivity contribution in [2.45, 2.75) is 44.4 Å². The van der Waals surface area contributed by atoms with Crippen LogP contribution in [0.1, 0.15) is 42.3 Å². The van der Waals surface area contributed by atoms with E-state index in [1.807, 2.05) is 4.57 Å². The van der Waals surface area contributed by atoms with Gasteiger partial charge >= 0.3 is 12.4 Å². The fraction of sp³-hybridized carbons (Fsp3) is 0.310. The summed E-state index contributed by atoms with van der Waals surface area (Å²) in [6, 6.07) is 11.5. The van der Waals surface area contributed by atoms with Crippen LogP contribution in [0.5, 0.6) is 0 Å². The molecule has 0 aliphatic carbocycles. The summed E-state index contributed by atoms with van der Waals surface area (Å²) in [5.41, 5.74) is 0.909. The van der Waals surface area contributed by atoms with Gasteiger partial charge in [0.1, 0.15) is 12.1 Å². The Labute approximate surface area is 241 Å². The number of anilines is 1. The Kier molecular flexibility index (Phi) is 7.32. The molecule has 0 amide bonds. The summed E-state index contributed by atoms with van der Waals surface area (Å²) in [7, 11) is 1.50. The molecule has 1 saturated heterocycles. The first-order chi connectivity index (χ1) is 20.5. The number of nitrogens with zero attached hydrogens (tertiary/aromatic N) is 6. The van der Waals surface area contributed by atoms with Crippen LogP contribution in [0, 0.1) is 0 Å². The summed E-state index contributed by atoms with van der Waals surface area (Å²) in [5, 5.41) is 3.24. The number of benzene rings is 2. The molecule has 2 aromatic carbocycles. The molecule has 0 radical (unpaired) electrons. The lowest BCUT2D eigenvalue weighted by molar-refractivity contribution is -0.141. The van der Waals surface area contributed by atoms with Gasteiger partial charge in [-0.15, -0.1) is 0 Å². The molecule has 1 fully saturated rings. The molecule has 3 aromatic heterocycles. The lowest BCUT2D eigenvalue weighted by atomic mass is 10.1. The minimum atomic E-state index is -4.54. The Balaban J connectivity index is 1.30. The maximum absolute atomic E-state index is 13.1. The van der Waals surface area contributed by atoms with Crippen LogP contribution in [0.4, 0.5) is 32.2 Å². The zero-order valence-corrected chi connectivity index (χ0v) is 22.7. The van der Waals surface area contributed by atoms with E-state index in [1.165, 1.54) is 23.7 Å². The first kappa shape index (κ1) is 28.6. The Morgan fingerprint density at radius 1 is 0.884 bits per heavy atom. The molecule has 0 spiro atoms. The SMILES string of the molecule is Cn1cc(C(F)(F)F)nc1-c1ccc(CNc2nc(-c3ccc(C(F)(F)F)cc3)nc3c2ncn3C2CCCCO2)cc1. The summed E-state index contributed by atoms with van der Waals surface area (Å²) in [6.07, 6.45) is -4.05. The lowest BCUT2D eigenvalue weighted by Crippen LogP contribution is -2.18.